The van der Waals surface area contributed by atoms with Gasteiger partial charge < -0.3 is 10.1 Å². The van der Waals surface area contributed by atoms with E-state index in [0.29, 0.717) is 24.4 Å². The van der Waals surface area contributed by atoms with Crippen molar-refractivity contribution in [2.45, 2.75) is 47.1 Å². The first-order valence-electron chi connectivity index (χ1n) is 6.31. The summed E-state index contributed by atoms with van der Waals surface area (Å²) < 4.78 is 5.41. The average molecular weight is 237 g/mol. The first-order valence-corrected chi connectivity index (χ1v) is 6.31. The van der Waals surface area contributed by atoms with E-state index in [9.17, 15) is 0 Å². The molecule has 0 saturated heterocycles. The van der Waals surface area contributed by atoms with Gasteiger partial charge in [0.25, 0.3) is 0 Å². The highest BCUT2D eigenvalue weighted by molar-refractivity contribution is 5.39. The first-order chi connectivity index (χ1) is 8.06. The number of aromatic nitrogens is 2. The molecule has 1 aromatic heterocycles. The Morgan fingerprint density at radius 2 is 2.00 bits per heavy atom. The molecule has 0 aromatic carbocycles. The van der Waals surface area contributed by atoms with Crippen LogP contribution in [-0.4, -0.2) is 22.6 Å². The summed E-state index contributed by atoms with van der Waals surface area (Å²) in [5.74, 6) is 2.80. The molecule has 0 fully saturated rings. The number of nitrogens with zero attached hydrogens (tertiary/aromatic N) is 2. The minimum atomic E-state index is 0.429. The summed E-state index contributed by atoms with van der Waals surface area (Å²) >= 11 is 0. The lowest BCUT2D eigenvalue weighted by atomic mass is 10.0. The van der Waals surface area contributed by atoms with E-state index in [2.05, 4.69) is 36.1 Å². The molecule has 1 N–H and O–H groups in total. The van der Waals surface area contributed by atoms with Crippen molar-refractivity contribution in [3.8, 4) is 5.88 Å². The Morgan fingerprint density at radius 1 is 1.29 bits per heavy atom. The van der Waals surface area contributed by atoms with Crippen molar-refractivity contribution in [1.29, 1.82) is 0 Å². The van der Waals surface area contributed by atoms with Crippen LogP contribution in [0.5, 0.6) is 5.88 Å². The molecule has 1 unspecified atom stereocenters. The van der Waals surface area contributed by atoms with Crippen molar-refractivity contribution < 1.29 is 4.74 Å². The van der Waals surface area contributed by atoms with Crippen molar-refractivity contribution in [3.63, 3.8) is 0 Å². The van der Waals surface area contributed by atoms with Gasteiger partial charge in [-0.1, -0.05) is 20.8 Å². The van der Waals surface area contributed by atoms with Crippen LogP contribution < -0.4 is 10.1 Å². The lowest BCUT2D eigenvalue weighted by Gasteiger charge is -2.21. The largest absolute Gasteiger partial charge is 0.478 e. The van der Waals surface area contributed by atoms with Gasteiger partial charge in [-0.25, -0.2) is 4.98 Å². The predicted octanol–water partition coefficient (Wildman–Crippen LogP) is 3.03. The minimum absolute atomic E-state index is 0.429. The van der Waals surface area contributed by atoms with E-state index in [1.54, 1.807) is 0 Å². The van der Waals surface area contributed by atoms with E-state index in [-0.39, 0.29) is 0 Å². The highest BCUT2D eigenvalue weighted by atomic mass is 16.5. The van der Waals surface area contributed by atoms with Crippen LogP contribution in [-0.2, 0) is 0 Å². The Bertz CT molecular complexity index is 353. The van der Waals surface area contributed by atoms with E-state index in [1.807, 2.05) is 19.9 Å². The number of rotatable bonds is 6. The zero-order valence-corrected chi connectivity index (χ0v) is 11.4. The van der Waals surface area contributed by atoms with Gasteiger partial charge in [0.15, 0.2) is 0 Å². The fraction of sp³-hybridized carbons (Fsp3) is 0.692. The summed E-state index contributed by atoms with van der Waals surface area (Å²) in [6, 6.07) is 2.29. The average Bonchev–Trinajstić information content (AvgIpc) is 2.25. The smallest absolute Gasteiger partial charge is 0.218 e. The fourth-order valence-corrected chi connectivity index (χ4v) is 1.77. The van der Waals surface area contributed by atoms with E-state index < -0.39 is 0 Å². The monoisotopic (exact) mass is 237 g/mol. The highest BCUT2D eigenvalue weighted by Gasteiger charge is 2.12. The molecule has 0 aliphatic rings. The van der Waals surface area contributed by atoms with Crippen molar-refractivity contribution in [2.75, 3.05) is 11.9 Å². The molecule has 1 atom stereocenters. The SMILES string of the molecule is CCOc1cc(NC(CC)C(C)C)nc(C)n1. The minimum Gasteiger partial charge on any atom is -0.478 e. The second-order valence-electron chi connectivity index (χ2n) is 4.47. The Hall–Kier alpha value is -1.32. The van der Waals surface area contributed by atoms with Crippen LogP contribution in [0.4, 0.5) is 5.82 Å². The van der Waals surface area contributed by atoms with Gasteiger partial charge in [0, 0.05) is 12.1 Å². The maximum atomic E-state index is 5.41. The lowest BCUT2D eigenvalue weighted by Crippen LogP contribution is -2.25. The third kappa shape index (κ3) is 4.21. The van der Waals surface area contributed by atoms with Crippen molar-refractivity contribution in [2.24, 2.45) is 5.92 Å². The highest BCUT2D eigenvalue weighted by Crippen LogP contribution is 2.17. The molecule has 0 aliphatic carbocycles. The van der Waals surface area contributed by atoms with Gasteiger partial charge in [0.2, 0.25) is 5.88 Å². The molecule has 4 nitrogen and oxygen atoms in total. The molecular formula is C13H23N3O. The molecule has 96 valence electrons. The van der Waals surface area contributed by atoms with Crippen LogP contribution in [0.3, 0.4) is 0 Å². The van der Waals surface area contributed by atoms with Gasteiger partial charge in [0.1, 0.15) is 11.6 Å². The normalized spacial score (nSPS) is 12.6. The quantitative estimate of drug-likeness (QED) is 0.826. The van der Waals surface area contributed by atoms with Crippen molar-refractivity contribution in [3.05, 3.63) is 11.9 Å². The van der Waals surface area contributed by atoms with Gasteiger partial charge in [0.05, 0.1) is 6.61 Å². The van der Waals surface area contributed by atoms with Crippen LogP contribution in [0.15, 0.2) is 6.07 Å². The van der Waals surface area contributed by atoms with Crippen LogP contribution >= 0.6 is 0 Å². The van der Waals surface area contributed by atoms with Crippen LogP contribution in [0.1, 0.15) is 39.9 Å². The van der Waals surface area contributed by atoms with Gasteiger partial charge >= 0.3 is 0 Å². The fourth-order valence-electron chi connectivity index (χ4n) is 1.77. The van der Waals surface area contributed by atoms with Crippen molar-refractivity contribution in [1.82, 2.24) is 9.97 Å². The lowest BCUT2D eigenvalue weighted by molar-refractivity contribution is 0.325. The summed E-state index contributed by atoms with van der Waals surface area (Å²) in [7, 11) is 0. The van der Waals surface area contributed by atoms with Crippen LogP contribution in [0, 0.1) is 12.8 Å². The van der Waals surface area contributed by atoms with Crippen LogP contribution in [0.2, 0.25) is 0 Å². The molecule has 0 bridgehead atoms. The molecule has 0 saturated carbocycles. The van der Waals surface area contributed by atoms with E-state index >= 15 is 0 Å². The second-order valence-corrected chi connectivity index (χ2v) is 4.47. The van der Waals surface area contributed by atoms with Crippen LogP contribution in [0.25, 0.3) is 0 Å². The van der Waals surface area contributed by atoms with E-state index in [1.165, 1.54) is 0 Å². The Kier molecular flexibility index (Phi) is 5.19. The first kappa shape index (κ1) is 13.7. The summed E-state index contributed by atoms with van der Waals surface area (Å²) in [6.07, 6.45) is 1.07. The Labute approximate surface area is 104 Å². The number of aryl methyl sites for hydroxylation is 1. The van der Waals surface area contributed by atoms with Gasteiger partial charge in [-0.2, -0.15) is 4.98 Å². The maximum absolute atomic E-state index is 5.41. The number of ether oxygens (including phenoxy) is 1. The molecule has 17 heavy (non-hydrogen) atoms. The second kappa shape index (κ2) is 6.42. The Morgan fingerprint density at radius 3 is 2.53 bits per heavy atom. The third-order valence-electron chi connectivity index (χ3n) is 2.68. The van der Waals surface area contributed by atoms with Gasteiger partial charge in [-0.15, -0.1) is 0 Å². The summed E-state index contributed by atoms with van der Waals surface area (Å²) in [4.78, 5) is 8.61. The summed E-state index contributed by atoms with van der Waals surface area (Å²) in [5, 5.41) is 3.44. The molecule has 0 amide bonds. The molecule has 1 heterocycles. The zero-order valence-electron chi connectivity index (χ0n) is 11.4. The molecule has 0 spiro atoms. The van der Waals surface area contributed by atoms with Crippen molar-refractivity contribution >= 4 is 5.82 Å². The number of hydrogen-bond donors (Lipinski definition) is 1. The van der Waals surface area contributed by atoms with Gasteiger partial charge in [-0.05, 0) is 26.2 Å². The number of nitrogens with one attached hydrogen (secondary N) is 1. The number of anilines is 1. The summed E-state index contributed by atoms with van der Waals surface area (Å²) in [5.41, 5.74) is 0. The molecule has 1 rings (SSSR count). The topological polar surface area (TPSA) is 47.0 Å². The molecule has 0 radical (unpaired) electrons. The predicted molar refractivity (Wildman–Crippen MR) is 70.5 cm³/mol. The summed E-state index contributed by atoms with van der Waals surface area (Å²) in [6.45, 7) is 11.0. The number of hydrogen-bond acceptors (Lipinski definition) is 4. The molecule has 4 heteroatoms. The van der Waals surface area contributed by atoms with Gasteiger partial charge in [-0.3, -0.25) is 0 Å². The van der Waals surface area contributed by atoms with E-state index in [0.717, 1.165) is 18.1 Å². The third-order valence-corrected chi connectivity index (χ3v) is 2.68. The molecular weight excluding hydrogens is 214 g/mol. The van der Waals surface area contributed by atoms with E-state index in [4.69, 9.17) is 4.74 Å². The Balaban J connectivity index is 2.82. The maximum Gasteiger partial charge on any atom is 0.218 e. The zero-order chi connectivity index (χ0) is 12.8. The molecule has 0 aliphatic heterocycles. The standard InChI is InChI=1S/C13H23N3O/c1-6-11(9(3)4)16-12-8-13(17-7-2)15-10(5)14-12/h8-9,11H,6-7H2,1-5H3,(H,14,15,16). The molecule has 1 aromatic rings.